The molecule has 0 atom stereocenters. The number of halogens is 2. The number of unbranched alkanes of at least 4 members (excludes halogenated alkanes) is 1. The van der Waals surface area contributed by atoms with Crippen molar-refractivity contribution in [2.75, 3.05) is 78.9 Å². The number of anilines is 5. The van der Waals surface area contributed by atoms with Gasteiger partial charge < -0.3 is 52.2 Å². The lowest BCUT2D eigenvalue weighted by Gasteiger charge is -2.28. The van der Waals surface area contributed by atoms with Crippen LogP contribution in [-0.2, 0) is 80.4 Å². The van der Waals surface area contributed by atoms with Crippen LogP contribution in [-0.4, -0.2) is 172 Å². The predicted molar refractivity (Wildman–Crippen MR) is 428 cm³/mol. The molecule has 0 spiro atoms. The summed E-state index contributed by atoms with van der Waals surface area (Å²) in [4.78, 5) is 139. The van der Waals surface area contributed by atoms with E-state index in [1.165, 1.54) is 98.9 Å². The molecule has 14 rings (SSSR count). The Labute approximate surface area is 667 Å². The number of hydrogen-bond acceptors (Lipinski definition) is 26. The molecule has 0 bridgehead atoms. The molecular weight excluding hydrogens is 1510 g/mol. The van der Waals surface area contributed by atoms with Crippen molar-refractivity contribution in [3.8, 4) is 0 Å². The number of aryl methyl sites for hydroxylation is 1. The third kappa shape index (κ3) is 22.6. The number of morpholine rings is 1. The largest absolute Gasteiger partial charge is 0.465 e. The second-order valence-electron chi connectivity index (χ2n) is 27.0. The highest BCUT2D eigenvalue weighted by Gasteiger charge is 2.26. The summed E-state index contributed by atoms with van der Waals surface area (Å²) in [7, 11) is 0. The van der Waals surface area contributed by atoms with Crippen molar-refractivity contribution in [3.63, 3.8) is 0 Å². The Morgan fingerprint density at radius 1 is 0.465 bits per heavy atom. The van der Waals surface area contributed by atoms with Gasteiger partial charge in [-0.3, -0.25) is 49.5 Å². The Balaban J connectivity index is 0.000000155. The van der Waals surface area contributed by atoms with Crippen LogP contribution in [0, 0.1) is 6.92 Å². The maximum absolute atomic E-state index is 13.1. The van der Waals surface area contributed by atoms with Crippen LogP contribution >= 0.6 is 23.2 Å². The highest BCUT2D eigenvalue weighted by molar-refractivity contribution is 6.34. The van der Waals surface area contributed by atoms with Crippen molar-refractivity contribution in [2.24, 2.45) is 0 Å². The molecule has 8 aromatic heterocycles. The summed E-state index contributed by atoms with van der Waals surface area (Å²) in [5.41, 5.74) is 8.38. The third-order valence-corrected chi connectivity index (χ3v) is 19.4. The molecular formula is C79H93Cl2N21O12. The van der Waals surface area contributed by atoms with Crippen molar-refractivity contribution < 1.29 is 57.2 Å². The maximum atomic E-state index is 13.1. The average molecular weight is 1600 g/mol. The third-order valence-electron chi connectivity index (χ3n) is 18.9. The number of benzene rings is 3. The first kappa shape index (κ1) is 83.2. The van der Waals surface area contributed by atoms with Gasteiger partial charge in [0.25, 0.3) is 11.8 Å². The molecule has 4 N–H and O–H groups in total. The standard InChI is InChI=1S/C29H32N6O3.C22H24ClN5O3.C18H26N6O4.C10H11ClN4O2/c1-2-38-24(36)18-35-19-31-25-26(30-17-20-9-5-3-6-10-20)32-29(33-27(25)35)34-28(37)23-15-13-22(14-16-23)21-11-7-4-8-12-21;1-2-31-17(29)12-28-13-24-18-19(23)25-22(26-20(18)28)27-21(30)16-10-8-15(9-11-16)14-6-4-3-5-7-14;1-3-5-6-13(25)20-18-21-16(23-7-9-27-10-8-23)15-17(22-18)24(12-19-15)11-14(26)28-4-2;1-3-17-7(16)4-15-5-12-8-9(11)13-6(2)14-10(8)15/h3,5-6,9-10,13-16,19,21H,2,4,7-8,11-12,17-18H2,1H3,(H2,30,32,33,34,37);8-11,13-14H,2-7,12H2,1H3,(H,25,26,27,30);12H,3-11H2,1-2H3,(H,20,21,22,25);5H,3-4H2,1-2H3. The van der Waals surface area contributed by atoms with E-state index in [-0.39, 0.29) is 97.2 Å². The minimum Gasteiger partial charge on any atom is -0.465 e. The minimum atomic E-state index is -0.417. The molecule has 33 nitrogen and oxygen atoms in total. The van der Waals surface area contributed by atoms with Crippen LogP contribution < -0.4 is 26.2 Å². The van der Waals surface area contributed by atoms with Crippen LogP contribution in [0.2, 0.25) is 10.3 Å². The van der Waals surface area contributed by atoms with E-state index in [1.807, 2.05) is 73.7 Å². The first-order valence-corrected chi connectivity index (χ1v) is 39.2. The average Bonchev–Trinajstić information content (AvgIpc) is 1.62. The van der Waals surface area contributed by atoms with E-state index in [2.05, 4.69) is 98.1 Å². The zero-order valence-electron chi connectivity index (χ0n) is 64.6. The number of imidazole rings is 4. The Morgan fingerprint density at radius 3 is 1.34 bits per heavy atom. The zero-order chi connectivity index (χ0) is 80.5. The van der Waals surface area contributed by atoms with E-state index in [1.54, 1.807) is 54.6 Å². The smallest absolute Gasteiger partial charge is 0.326 e. The first-order chi connectivity index (χ1) is 55.4. The summed E-state index contributed by atoms with van der Waals surface area (Å²) in [5, 5.41) is 12.0. The molecule has 3 aliphatic rings. The molecule has 1 aliphatic heterocycles. The van der Waals surface area contributed by atoms with Crippen LogP contribution in [0.15, 0.2) is 104 Å². The number of carbonyl (C=O) groups excluding carboxylic acids is 7. The van der Waals surface area contributed by atoms with Gasteiger partial charge in [0.1, 0.15) is 43.0 Å². The molecule has 3 amide bonds. The predicted octanol–water partition coefficient (Wildman–Crippen LogP) is 12.4. The number of aromatic nitrogens is 16. The van der Waals surface area contributed by atoms with Crippen LogP contribution in [0.4, 0.5) is 29.5 Å². The monoisotopic (exact) mass is 1600 g/mol. The quantitative estimate of drug-likeness (QED) is 0.0222. The van der Waals surface area contributed by atoms with Gasteiger partial charge in [-0.2, -0.15) is 29.9 Å². The zero-order valence-corrected chi connectivity index (χ0v) is 66.1. The molecule has 9 heterocycles. The normalized spacial score (nSPS) is 13.7. The number of fused-ring (bicyclic) bond motifs is 4. The number of carbonyl (C=O) groups is 7. The van der Waals surface area contributed by atoms with Crippen molar-refractivity contribution in [1.82, 2.24) is 78.1 Å². The fourth-order valence-corrected chi connectivity index (χ4v) is 13.7. The molecule has 0 radical (unpaired) electrons. The number of nitrogens with one attached hydrogen (secondary N) is 4. The number of rotatable bonds is 26. The van der Waals surface area contributed by atoms with Crippen molar-refractivity contribution in [1.29, 1.82) is 0 Å². The van der Waals surface area contributed by atoms with Crippen LogP contribution in [0.1, 0.15) is 173 Å². The molecule has 35 heteroatoms. The van der Waals surface area contributed by atoms with Gasteiger partial charge in [-0.05, 0) is 120 Å². The SMILES string of the molecule is CCCCC(=O)Nc1nc(N2CCOCC2)c2ncn(CC(=O)OCC)c2n1.CCOC(=O)Cn1cnc2c(Cl)nc(C)nc21.CCOC(=O)Cn1cnc2c(Cl)nc(NC(=O)c3ccc(C4CCCCC4)cc3)nc21.CCOC(=O)Cn1cnc2c(NCc3ccccc3)nc(NC(=O)c3ccc(C4CCCCC4)cc3)nc21. The van der Waals surface area contributed by atoms with Crippen molar-refractivity contribution >= 4 is 139 Å². The second-order valence-corrected chi connectivity index (χ2v) is 27.7. The van der Waals surface area contributed by atoms with Gasteiger partial charge in [0.05, 0.1) is 65.0 Å². The molecule has 114 heavy (non-hydrogen) atoms. The molecule has 3 aromatic carbocycles. The van der Waals surface area contributed by atoms with E-state index in [0.29, 0.717) is 138 Å². The lowest BCUT2D eigenvalue weighted by Crippen LogP contribution is -2.37. The fourth-order valence-electron chi connectivity index (χ4n) is 13.3. The van der Waals surface area contributed by atoms with Crippen LogP contribution in [0.3, 0.4) is 0 Å². The molecule has 0 unspecified atom stereocenters. The second kappa shape index (κ2) is 41.2. The molecule has 600 valence electrons. The fraction of sp³-hybridized carbons (Fsp3) is 0.430. The number of ether oxygens (including phenoxy) is 5. The van der Waals surface area contributed by atoms with E-state index in [9.17, 15) is 33.6 Å². The van der Waals surface area contributed by atoms with Crippen molar-refractivity contribution in [3.05, 3.63) is 148 Å². The van der Waals surface area contributed by atoms with Crippen LogP contribution in [0.25, 0.3) is 44.7 Å². The summed E-state index contributed by atoms with van der Waals surface area (Å²) in [6, 6.07) is 25.4. The minimum absolute atomic E-state index is 0.00682. The summed E-state index contributed by atoms with van der Waals surface area (Å²) >= 11 is 12.1. The van der Waals surface area contributed by atoms with Crippen molar-refractivity contribution in [2.45, 2.75) is 170 Å². The van der Waals surface area contributed by atoms with Gasteiger partial charge in [0, 0.05) is 37.2 Å². The van der Waals surface area contributed by atoms with Gasteiger partial charge >= 0.3 is 23.9 Å². The number of amides is 3. The van der Waals surface area contributed by atoms with Crippen LogP contribution in [0.5, 0.6) is 0 Å². The number of nitrogens with zero attached hydrogens (tertiary/aromatic N) is 17. The Bertz CT molecular complexity index is 5120. The summed E-state index contributed by atoms with van der Waals surface area (Å²) in [6.07, 6.45) is 20.6. The first-order valence-electron chi connectivity index (χ1n) is 38.4. The Hall–Kier alpha value is -11.7. The highest BCUT2D eigenvalue weighted by atomic mass is 35.5. The maximum Gasteiger partial charge on any atom is 0.326 e. The van der Waals surface area contributed by atoms with E-state index in [0.717, 1.165) is 18.4 Å². The molecule has 2 aliphatic carbocycles. The molecule has 3 fully saturated rings. The van der Waals surface area contributed by atoms with Gasteiger partial charge in [-0.25, -0.2) is 29.9 Å². The van der Waals surface area contributed by atoms with E-state index in [4.69, 9.17) is 46.9 Å². The Morgan fingerprint density at radius 2 is 0.877 bits per heavy atom. The molecule has 2 saturated carbocycles. The van der Waals surface area contributed by atoms with Gasteiger partial charge in [0.2, 0.25) is 23.8 Å². The number of hydrogen-bond donors (Lipinski definition) is 4. The number of esters is 4. The summed E-state index contributed by atoms with van der Waals surface area (Å²) in [5.74, 6) is 0.871. The van der Waals surface area contributed by atoms with Gasteiger partial charge in [-0.1, -0.05) is 130 Å². The molecule has 11 aromatic rings. The van der Waals surface area contributed by atoms with Gasteiger partial charge in [0.15, 0.2) is 55.6 Å². The van der Waals surface area contributed by atoms with E-state index >= 15 is 0 Å². The highest BCUT2D eigenvalue weighted by Crippen LogP contribution is 2.35. The summed E-state index contributed by atoms with van der Waals surface area (Å²) < 4.78 is 31.7. The lowest BCUT2D eigenvalue weighted by atomic mass is 9.84. The van der Waals surface area contributed by atoms with Gasteiger partial charge in [-0.15, -0.1) is 0 Å². The summed E-state index contributed by atoms with van der Waals surface area (Å²) in [6.45, 7) is 15.0. The topological polar surface area (TPSA) is 391 Å². The molecule has 1 saturated heterocycles. The Kier molecular flexibility index (Phi) is 30.1. The lowest BCUT2D eigenvalue weighted by molar-refractivity contribution is -0.144. The van der Waals surface area contributed by atoms with E-state index < -0.39 is 11.9 Å².